The standard InChI is InChI=1S/C43H43N2O17PS/c46-27(8-3-23-1-4-24(5-2-23)40(52)45-34(43(57)58)20-61-63(59,60)21-25(41(53)54)6-14-38(50)51)15-16-64-22-37(49)44-26-7-11-30(33(17-26)42(55)56)39-31-12-9-28(47)18-35(31)62-36-19-29(48)10-13-32(36)39/h1-2,4-5,7,9-13,17-19,25,31,34,39,48H,3,6,8,14-16,20-22H2,(H,44,49)(H,45,52)(H,50,51)(H,53,54)(H,55,56)(H,57,58)(H,59,60)/t25-,31?,34?,39?/m0/s1. The molecule has 3 aromatic carbocycles. The monoisotopic (exact) mass is 922 g/mol. The molecule has 2 aliphatic rings. The number of Topliss-reactive ketones (excluding diaryl/α,β-unsaturated/α-hetero) is 1. The van der Waals surface area contributed by atoms with Crippen LogP contribution in [0.15, 0.2) is 84.7 Å². The number of carbonyl (C=O) groups is 8. The number of rotatable bonds is 23. The van der Waals surface area contributed by atoms with Crippen molar-refractivity contribution in [2.45, 2.75) is 44.1 Å². The van der Waals surface area contributed by atoms with Crippen LogP contribution in [0.25, 0.3) is 0 Å². The molecule has 64 heavy (non-hydrogen) atoms. The van der Waals surface area contributed by atoms with Crippen molar-refractivity contribution in [2.24, 2.45) is 11.8 Å². The number of amides is 2. The summed E-state index contributed by atoms with van der Waals surface area (Å²) in [7, 11) is -4.71. The number of anilines is 1. The van der Waals surface area contributed by atoms with Gasteiger partial charge in [0.2, 0.25) is 5.91 Å². The number of thioether (sulfide) groups is 1. The van der Waals surface area contributed by atoms with Gasteiger partial charge in [-0.05, 0) is 60.4 Å². The molecule has 0 fully saturated rings. The van der Waals surface area contributed by atoms with Crippen molar-refractivity contribution in [3.63, 3.8) is 0 Å². The molecule has 2 amide bonds. The number of allylic oxidation sites excluding steroid dienone is 3. The van der Waals surface area contributed by atoms with Crippen LogP contribution in [-0.2, 0) is 44.3 Å². The fraction of sp³-hybridized carbons (Fsp3) is 0.302. The van der Waals surface area contributed by atoms with Gasteiger partial charge < -0.3 is 50.3 Å². The number of phenolic OH excluding ortho intramolecular Hbond substituents is 1. The van der Waals surface area contributed by atoms with E-state index in [0.29, 0.717) is 34.6 Å². The highest BCUT2D eigenvalue weighted by atomic mass is 32.2. The van der Waals surface area contributed by atoms with Crippen LogP contribution in [0.5, 0.6) is 11.5 Å². The molecule has 1 heterocycles. The number of carboxylic acids is 4. The number of aliphatic carboxylic acids is 3. The Morgan fingerprint density at radius 1 is 0.875 bits per heavy atom. The molecule has 0 spiro atoms. The van der Waals surface area contributed by atoms with E-state index in [0.717, 1.165) is 0 Å². The molecule has 3 aromatic rings. The minimum absolute atomic E-state index is 0.0246. The maximum atomic E-state index is 12.8. The number of aromatic carboxylic acids is 1. The van der Waals surface area contributed by atoms with Gasteiger partial charge in [-0.3, -0.25) is 33.3 Å². The Balaban J connectivity index is 1.06. The SMILES string of the molecule is O=C1C=CC2C(=C1)Oc1cc(O)ccc1C2c1ccc(NC(=O)CSCCC(=O)CCc2ccc(C(=O)NC(COP(=O)(O)C[C@H](CCC(=O)O)C(=O)O)C(=O)O)cc2)cc1C(=O)O. The number of carbonyl (C=O) groups excluding carboxylic acids is 4. The normalized spacial score (nSPS) is 17.0. The number of ether oxygens (including phenoxy) is 1. The lowest BCUT2D eigenvalue weighted by atomic mass is 9.74. The first-order chi connectivity index (χ1) is 30.3. The summed E-state index contributed by atoms with van der Waals surface area (Å²) in [6.07, 6.45) is 2.93. The number of hydrogen-bond donors (Lipinski definition) is 8. The number of fused-ring (bicyclic) bond motifs is 2. The van der Waals surface area contributed by atoms with Crippen molar-refractivity contribution in [3.05, 3.63) is 112 Å². The number of hydrogen-bond acceptors (Lipinski definition) is 13. The third-order valence-corrected chi connectivity index (χ3v) is 12.5. The van der Waals surface area contributed by atoms with E-state index in [1.807, 2.05) is 0 Å². The van der Waals surface area contributed by atoms with Crippen LogP contribution in [0.3, 0.4) is 0 Å². The van der Waals surface area contributed by atoms with E-state index in [-0.39, 0.29) is 58.5 Å². The van der Waals surface area contributed by atoms with Crippen LogP contribution < -0.4 is 15.4 Å². The minimum atomic E-state index is -4.71. The molecule has 5 atom stereocenters. The van der Waals surface area contributed by atoms with Crippen molar-refractivity contribution >= 4 is 72.3 Å². The molecule has 0 aromatic heterocycles. The smallest absolute Gasteiger partial charge is 0.336 e. The van der Waals surface area contributed by atoms with E-state index in [1.54, 1.807) is 36.4 Å². The molecule has 1 aliphatic carbocycles. The Morgan fingerprint density at radius 3 is 2.27 bits per heavy atom. The second-order valence-electron chi connectivity index (χ2n) is 14.8. The van der Waals surface area contributed by atoms with E-state index in [9.17, 15) is 68.2 Å². The Labute approximate surface area is 368 Å². The van der Waals surface area contributed by atoms with E-state index in [2.05, 4.69) is 10.6 Å². The Morgan fingerprint density at radius 2 is 1.59 bits per heavy atom. The van der Waals surface area contributed by atoms with E-state index >= 15 is 0 Å². The molecular weight excluding hydrogens is 880 g/mol. The summed E-state index contributed by atoms with van der Waals surface area (Å²) in [5, 5.41) is 52.7. The van der Waals surface area contributed by atoms with Crippen LogP contribution in [0, 0.1) is 11.8 Å². The molecule has 19 nitrogen and oxygen atoms in total. The van der Waals surface area contributed by atoms with Gasteiger partial charge in [0.15, 0.2) is 11.8 Å². The summed E-state index contributed by atoms with van der Waals surface area (Å²) in [5.41, 5.74) is 1.86. The summed E-state index contributed by atoms with van der Waals surface area (Å²) < 4.78 is 23.2. The topological polar surface area (TPSA) is 318 Å². The average Bonchev–Trinajstić information content (AvgIpc) is 3.23. The fourth-order valence-electron chi connectivity index (χ4n) is 6.90. The van der Waals surface area contributed by atoms with Gasteiger partial charge in [0.25, 0.3) is 5.91 Å². The van der Waals surface area contributed by atoms with E-state index < -0.39 is 92.7 Å². The summed E-state index contributed by atoms with van der Waals surface area (Å²) in [6, 6.07) is 13.1. The maximum Gasteiger partial charge on any atom is 0.336 e. The highest BCUT2D eigenvalue weighted by Gasteiger charge is 2.39. The first-order valence-electron chi connectivity index (χ1n) is 19.5. The fourth-order valence-corrected chi connectivity index (χ4v) is 9.06. The van der Waals surface area contributed by atoms with Crippen molar-refractivity contribution in [2.75, 3.05) is 29.6 Å². The lowest BCUT2D eigenvalue weighted by Crippen LogP contribution is -2.44. The molecule has 1 aliphatic heterocycles. The summed E-state index contributed by atoms with van der Waals surface area (Å²) in [6.45, 7) is -0.990. The molecule has 338 valence electrons. The van der Waals surface area contributed by atoms with Crippen LogP contribution in [0.2, 0.25) is 0 Å². The molecule has 0 saturated carbocycles. The number of benzene rings is 3. The van der Waals surface area contributed by atoms with Gasteiger partial charge in [-0.2, -0.15) is 11.8 Å². The number of carboxylic acid groups (broad SMARTS) is 4. The first kappa shape index (κ1) is 48.4. The molecule has 0 bridgehead atoms. The van der Waals surface area contributed by atoms with Gasteiger partial charge in [0, 0.05) is 65.8 Å². The zero-order chi connectivity index (χ0) is 46.7. The number of ketones is 2. The van der Waals surface area contributed by atoms with Gasteiger partial charge in [-0.15, -0.1) is 0 Å². The molecular formula is C43H43N2O17PS. The Hall–Kier alpha value is -6.60. The molecule has 4 unspecified atom stereocenters. The van der Waals surface area contributed by atoms with Crippen LogP contribution in [-0.4, -0.2) is 108 Å². The molecule has 8 N–H and O–H groups in total. The zero-order valence-corrected chi connectivity index (χ0v) is 35.4. The van der Waals surface area contributed by atoms with E-state index in [4.69, 9.17) is 14.4 Å². The Bertz CT molecular complexity index is 2450. The second kappa shape index (κ2) is 21.7. The highest BCUT2D eigenvalue weighted by molar-refractivity contribution is 7.99. The largest absolute Gasteiger partial charge is 0.508 e. The number of phenols is 1. The number of aryl methyl sites for hydroxylation is 1. The van der Waals surface area contributed by atoms with Gasteiger partial charge in [-0.1, -0.05) is 30.3 Å². The number of aromatic hydroxyl groups is 1. The van der Waals surface area contributed by atoms with Crippen LogP contribution >= 0.6 is 19.4 Å². The highest BCUT2D eigenvalue weighted by Crippen LogP contribution is 2.49. The molecule has 21 heteroatoms. The quantitative estimate of drug-likeness (QED) is 0.0480. The third kappa shape index (κ3) is 13.5. The van der Waals surface area contributed by atoms with Gasteiger partial charge in [0.1, 0.15) is 23.0 Å². The van der Waals surface area contributed by atoms with Crippen molar-refractivity contribution in [1.82, 2.24) is 5.32 Å². The average molecular weight is 923 g/mol. The van der Waals surface area contributed by atoms with Crippen molar-refractivity contribution in [1.29, 1.82) is 0 Å². The first-order valence-corrected chi connectivity index (χ1v) is 22.5. The summed E-state index contributed by atoms with van der Waals surface area (Å²) >= 11 is 1.20. The minimum Gasteiger partial charge on any atom is -0.508 e. The molecule has 0 saturated heterocycles. The van der Waals surface area contributed by atoms with Gasteiger partial charge in [0.05, 0.1) is 30.0 Å². The lowest BCUT2D eigenvalue weighted by molar-refractivity contribution is -0.143. The van der Waals surface area contributed by atoms with Crippen molar-refractivity contribution in [3.8, 4) is 11.5 Å². The third-order valence-electron chi connectivity index (χ3n) is 10.1. The molecule has 5 rings (SSSR count). The summed E-state index contributed by atoms with van der Waals surface area (Å²) in [5.74, 6) is -9.21. The van der Waals surface area contributed by atoms with Gasteiger partial charge in [-0.25, -0.2) is 9.59 Å². The maximum absolute atomic E-state index is 12.8. The predicted molar refractivity (Wildman–Crippen MR) is 228 cm³/mol. The molecule has 0 radical (unpaired) electrons. The summed E-state index contributed by atoms with van der Waals surface area (Å²) in [4.78, 5) is 107. The Kier molecular flexibility index (Phi) is 16.4. The van der Waals surface area contributed by atoms with Gasteiger partial charge >= 0.3 is 31.5 Å². The zero-order valence-electron chi connectivity index (χ0n) is 33.7. The van der Waals surface area contributed by atoms with Crippen molar-refractivity contribution < 1.29 is 82.6 Å². The predicted octanol–water partition coefficient (Wildman–Crippen LogP) is 4.47. The van der Waals surface area contributed by atoms with Crippen LogP contribution in [0.1, 0.15) is 69.0 Å². The second-order valence-corrected chi connectivity index (χ2v) is 17.8. The van der Waals surface area contributed by atoms with E-state index in [1.165, 1.54) is 54.2 Å². The van der Waals surface area contributed by atoms with Crippen LogP contribution in [0.4, 0.5) is 5.69 Å². The lowest BCUT2D eigenvalue weighted by Gasteiger charge is -2.35. The number of nitrogens with one attached hydrogen (secondary N) is 2.